The Morgan fingerprint density at radius 1 is 1.29 bits per heavy atom. The fraction of sp³-hybridized carbons (Fsp3) is 0.778. The van der Waals surface area contributed by atoms with Gasteiger partial charge in [0.05, 0.1) is 0 Å². The van der Waals surface area contributed by atoms with Crippen LogP contribution in [0.3, 0.4) is 0 Å². The fourth-order valence-electron chi connectivity index (χ4n) is 1.41. The summed E-state index contributed by atoms with van der Waals surface area (Å²) in [4.78, 5) is 24.3. The summed E-state index contributed by atoms with van der Waals surface area (Å²) >= 11 is 5.45. The highest BCUT2D eigenvalue weighted by Gasteiger charge is 2.23. The zero-order valence-electron chi connectivity index (χ0n) is 8.09. The molecule has 0 radical (unpaired) electrons. The lowest BCUT2D eigenvalue weighted by Crippen LogP contribution is -2.41. The van der Waals surface area contributed by atoms with Gasteiger partial charge in [-0.05, 0) is 19.3 Å². The Morgan fingerprint density at radius 2 is 1.93 bits per heavy atom. The summed E-state index contributed by atoms with van der Waals surface area (Å²) in [5.74, 6) is -0.410. The van der Waals surface area contributed by atoms with Gasteiger partial charge in [0.15, 0.2) is 0 Å². The lowest BCUT2D eigenvalue weighted by molar-refractivity contribution is -0.145. The maximum atomic E-state index is 11.4. The Kier molecular flexibility index (Phi) is 4.73. The van der Waals surface area contributed by atoms with Crippen LogP contribution >= 0.6 is 11.6 Å². The zero-order valence-corrected chi connectivity index (χ0v) is 8.85. The minimum atomic E-state index is -0.503. The number of amides is 2. The van der Waals surface area contributed by atoms with Crippen molar-refractivity contribution in [2.75, 3.05) is 25.5 Å². The quantitative estimate of drug-likeness (QED) is 0.422. The number of carbonyl (C=O) groups is 2. The van der Waals surface area contributed by atoms with Gasteiger partial charge < -0.3 is 10.2 Å². The smallest absolute Gasteiger partial charge is 0.311 e. The Labute approximate surface area is 88.6 Å². The Morgan fingerprint density at radius 3 is 2.50 bits per heavy atom. The van der Waals surface area contributed by atoms with Crippen LogP contribution in [-0.2, 0) is 9.59 Å². The minimum absolute atomic E-state index is 0.405. The molecule has 1 aliphatic heterocycles. The molecule has 5 heteroatoms. The normalized spacial score (nSPS) is 15.6. The first-order valence-electron chi connectivity index (χ1n) is 4.89. The van der Waals surface area contributed by atoms with Gasteiger partial charge in [-0.1, -0.05) is 0 Å². The van der Waals surface area contributed by atoms with Crippen LogP contribution in [0.15, 0.2) is 0 Å². The molecule has 0 spiro atoms. The second-order valence-electron chi connectivity index (χ2n) is 3.30. The van der Waals surface area contributed by atoms with Gasteiger partial charge in [-0.15, -0.1) is 11.6 Å². The van der Waals surface area contributed by atoms with E-state index in [0.29, 0.717) is 31.9 Å². The summed E-state index contributed by atoms with van der Waals surface area (Å²) in [6, 6.07) is 0. The van der Waals surface area contributed by atoms with Crippen molar-refractivity contribution in [2.24, 2.45) is 0 Å². The van der Waals surface area contributed by atoms with E-state index >= 15 is 0 Å². The third-order valence-corrected chi connectivity index (χ3v) is 2.45. The molecular formula is C9H15ClN2O2. The largest absolute Gasteiger partial charge is 0.348 e. The van der Waals surface area contributed by atoms with Crippen LogP contribution in [0, 0.1) is 0 Å². The van der Waals surface area contributed by atoms with Crippen LogP contribution in [-0.4, -0.2) is 42.2 Å². The first-order chi connectivity index (χ1) is 6.75. The van der Waals surface area contributed by atoms with E-state index in [9.17, 15) is 9.59 Å². The standard InChI is InChI=1S/C9H15ClN2O2/c10-4-3-5-11-8(13)9(14)12-6-1-2-7-12/h1-7H2,(H,11,13). The molecule has 0 saturated carbocycles. The molecule has 1 heterocycles. The molecule has 0 unspecified atom stereocenters. The van der Waals surface area contributed by atoms with Crippen molar-refractivity contribution in [3.05, 3.63) is 0 Å². The molecule has 1 N–H and O–H groups in total. The van der Waals surface area contributed by atoms with Crippen molar-refractivity contribution in [3.8, 4) is 0 Å². The van der Waals surface area contributed by atoms with Crippen molar-refractivity contribution in [3.63, 3.8) is 0 Å². The van der Waals surface area contributed by atoms with Crippen LogP contribution in [0.1, 0.15) is 19.3 Å². The summed E-state index contributed by atoms with van der Waals surface area (Å²) in [6.07, 6.45) is 2.70. The van der Waals surface area contributed by atoms with E-state index in [1.54, 1.807) is 4.90 Å². The third-order valence-electron chi connectivity index (χ3n) is 2.18. The molecule has 0 aromatic heterocycles. The van der Waals surface area contributed by atoms with Crippen molar-refractivity contribution in [2.45, 2.75) is 19.3 Å². The van der Waals surface area contributed by atoms with Gasteiger partial charge >= 0.3 is 11.8 Å². The van der Waals surface area contributed by atoms with Crippen LogP contribution in [0.4, 0.5) is 0 Å². The number of halogens is 1. The highest BCUT2D eigenvalue weighted by molar-refractivity contribution is 6.35. The van der Waals surface area contributed by atoms with Crippen molar-refractivity contribution in [1.29, 1.82) is 0 Å². The van der Waals surface area contributed by atoms with E-state index in [1.165, 1.54) is 0 Å². The average molecular weight is 219 g/mol. The predicted octanol–water partition coefficient (Wildman–Crippen LogP) is 0.354. The molecule has 2 amide bonds. The van der Waals surface area contributed by atoms with Crippen molar-refractivity contribution < 1.29 is 9.59 Å². The molecule has 1 aliphatic rings. The van der Waals surface area contributed by atoms with Crippen LogP contribution in [0.25, 0.3) is 0 Å². The molecule has 0 aromatic carbocycles. The van der Waals surface area contributed by atoms with Crippen LogP contribution in [0.5, 0.6) is 0 Å². The van der Waals surface area contributed by atoms with E-state index in [1.807, 2.05) is 0 Å². The summed E-state index contributed by atoms with van der Waals surface area (Å²) in [5, 5.41) is 2.55. The highest BCUT2D eigenvalue weighted by Crippen LogP contribution is 2.06. The van der Waals surface area contributed by atoms with Gasteiger partial charge in [-0.2, -0.15) is 0 Å². The second kappa shape index (κ2) is 5.86. The molecule has 0 aromatic rings. The number of carbonyl (C=O) groups excluding carboxylic acids is 2. The number of rotatable bonds is 3. The number of hydrogen-bond acceptors (Lipinski definition) is 2. The maximum absolute atomic E-state index is 11.4. The highest BCUT2D eigenvalue weighted by atomic mass is 35.5. The van der Waals surface area contributed by atoms with Crippen LogP contribution < -0.4 is 5.32 Å². The first-order valence-corrected chi connectivity index (χ1v) is 5.42. The second-order valence-corrected chi connectivity index (χ2v) is 3.68. The number of hydrogen-bond donors (Lipinski definition) is 1. The van der Waals surface area contributed by atoms with Gasteiger partial charge in [0.25, 0.3) is 0 Å². The average Bonchev–Trinajstić information content (AvgIpc) is 2.69. The van der Waals surface area contributed by atoms with Gasteiger partial charge in [-0.3, -0.25) is 9.59 Å². The molecule has 80 valence electrons. The summed E-state index contributed by atoms with van der Waals surface area (Å²) in [7, 11) is 0. The Bertz CT molecular complexity index is 215. The number of alkyl halides is 1. The molecule has 1 saturated heterocycles. The molecule has 0 bridgehead atoms. The summed E-state index contributed by atoms with van der Waals surface area (Å²) in [6.45, 7) is 1.89. The van der Waals surface area contributed by atoms with Crippen molar-refractivity contribution >= 4 is 23.4 Å². The number of nitrogens with zero attached hydrogens (tertiary/aromatic N) is 1. The lowest BCUT2D eigenvalue weighted by Gasteiger charge is -2.14. The maximum Gasteiger partial charge on any atom is 0.311 e. The topological polar surface area (TPSA) is 49.4 Å². The Hall–Kier alpha value is -0.770. The summed E-state index contributed by atoms with van der Waals surface area (Å²) in [5.41, 5.74) is 0. The van der Waals surface area contributed by atoms with Crippen molar-refractivity contribution in [1.82, 2.24) is 10.2 Å². The lowest BCUT2D eigenvalue weighted by atomic mass is 10.4. The fourth-order valence-corrected chi connectivity index (χ4v) is 1.54. The van der Waals surface area contributed by atoms with Crippen LogP contribution in [0.2, 0.25) is 0 Å². The van der Waals surface area contributed by atoms with Gasteiger partial charge in [0.1, 0.15) is 0 Å². The molecule has 4 nitrogen and oxygen atoms in total. The zero-order chi connectivity index (χ0) is 10.4. The summed E-state index contributed by atoms with van der Waals surface area (Å²) < 4.78 is 0. The van der Waals surface area contributed by atoms with E-state index in [0.717, 1.165) is 12.8 Å². The SMILES string of the molecule is O=C(NCCCCl)C(=O)N1CCCC1. The predicted molar refractivity (Wildman–Crippen MR) is 54.2 cm³/mol. The number of nitrogens with one attached hydrogen (secondary N) is 1. The van der Waals surface area contributed by atoms with Gasteiger partial charge in [0.2, 0.25) is 0 Å². The van der Waals surface area contributed by atoms with E-state index in [-0.39, 0.29) is 0 Å². The molecule has 0 aliphatic carbocycles. The third kappa shape index (κ3) is 3.18. The van der Waals surface area contributed by atoms with Gasteiger partial charge in [0, 0.05) is 25.5 Å². The van der Waals surface area contributed by atoms with E-state index in [4.69, 9.17) is 11.6 Å². The molecule has 14 heavy (non-hydrogen) atoms. The van der Waals surface area contributed by atoms with E-state index < -0.39 is 11.8 Å². The van der Waals surface area contributed by atoms with E-state index in [2.05, 4.69) is 5.32 Å². The Balaban J connectivity index is 2.25. The molecule has 1 fully saturated rings. The van der Waals surface area contributed by atoms with Gasteiger partial charge in [-0.25, -0.2) is 0 Å². The minimum Gasteiger partial charge on any atom is -0.348 e. The molecule has 1 rings (SSSR count). The monoisotopic (exact) mass is 218 g/mol. The first kappa shape index (κ1) is 11.3. The molecular weight excluding hydrogens is 204 g/mol. The molecule has 0 atom stereocenters. The number of likely N-dealkylation sites (tertiary alicyclic amines) is 1.